The molecule has 0 fully saturated rings. The number of phenols is 1. The number of halogens is 1. The number of rotatable bonds is 1. The van der Waals surface area contributed by atoms with Gasteiger partial charge in [-0.1, -0.05) is 23.7 Å². The summed E-state index contributed by atoms with van der Waals surface area (Å²) in [6, 6.07) is 12.6. The van der Waals surface area contributed by atoms with Crippen LogP contribution in [0, 0.1) is 18.3 Å². The van der Waals surface area contributed by atoms with Gasteiger partial charge in [0, 0.05) is 5.02 Å². The normalized spacial score (nSPS) is 9.94. The maximum atomic E-state index is 9.63. The maximum absolute atomic E-state index is 9.63. The highest BCUT2D eigenvalue weighted by Gasteiger charge is 2.05. The molecule has 0 saturated carbocycles. The molecule has 0 radical (unpaired) electrons. The lowest BCUT2D eigenvalue weighted by molar-refractivity contribution is 0.474. The van der Waals surface area contributed by atoms with E-state index in [-0.39, 0.29) is 11.3 Å². The van der Waals surface area contributed by atoms with Crippen molar-refractivity contribution in [3.8, 4) is 22.9 Å². The van der Waals surface area contributed by atoms with Crippen LogP contribution in [0.15, 0.2) is 36.4 Å². The number of nitrogens with zero attached hydrogens (tertiary/aromatic N) is 1. The Labute approximate surface area is 105 Å². The monoisotopic (exact) mass is 243 g/mol. The molecule has 3 heteroatoms. The molecule has 0 saturated heterocycles. The van der Waals surface area contributed by atoms with E-state index in [0.29, 0.717) is 5.02 Å². The lowest BCUT2D eigenvalue weighted by atomic mass is 10.0. The number of nitriles is 1. The smallest absolute Gasteiger partial charge is 0.133 e. The molecule has 2 aromatic carbocycles. The first-order valence-electron chi connectivity index (χ1n) is 5.11. The molecule has 0 amide bonds. The van der Waals surface area contributed by atoms with Crippen molar-refractivity contribution in [1.29, 1.82) is 5.26 Å². The van der Waals surface area contributed by atoms with E-state index in [1.807, 2.05) is 31.2 Å². The van der Waals surface area contributed by atoms with E-state index < -0.39 is 0 Å². The molecule has 1 N–H and O–H groups in total. The second-order valence-corrected chi connectivity index (χ2v) is 4.21. The number of hydrogen-bond acceptors (Lipinski definition) is 2. The summed E-state index contributed by atoms with van der Waals surface area (Å²) >= 11 is 5.95. The van der Waals surface area contributed by atoms with Crippen molar-refractivity contribution in [3.63, 3.8) is 0 Å². The fraction of sp³-hybridized carbons (Fsp3) is 0.0714. The van der Waals surface area contributed by atoms with Crippen molar-refractivity contribution < 1.29 is 5.11 Å². The third-order valence-corrected chi connectivity index (χ3v) is 3.03. The molecule has 2 nitrogen and oxygen atoms in total. The number of hydrogen-bond donors (Lipinski definition) is 1. The van der Waals surface area contributed by atoms with Gasteiger partial charge in [0.25, 0.3) is 0 Å². The molecule has 0 unspecified atom stereocenters. The van der Waals surface area contributed by atoms with Crippen LogP contribution in [0.2, 0.25) is 5.02 Å². The minimum atomic E-state index is -0.00222. The zero-order chi connectivity index (χ0) is 12.4. The van der Waals surface area contributed by atoms with Crippen LogP contribution in [-0.2, 0) is 0 Å². The first-order chi connectivity index (χ1) is 8.11. The topological polar surface area (TPSA) is 44.0 Å². The van der Waals surface area contributed by atoms with E-state index in [2.05, 4.69) is 0 Å². The van der Waals surface area contributed by atoms with Gasteiger partial charge in [0.1, 0.15) is 11.8 Å². The number of benzene rings is 2. The fourth-order valence-corrected chi connectivity index (χ4v) is 1.75. The summed E-state index contributed by atoms with van der Waals surface area (Å²) < 4.78 is 0. The second kappa shape index (κ2) is 4.48. The van der Waals surface area contributed by atoms with Crippen LogP contribution in [0.5, 0.6) is 5.75 Å². The first-order valence-corrected chi connectivity index (χ1v) is 5.49. The summed E-state index contributed by atoms with van der Waals surface area (Å²) in [5.74, 6) is -0.00222. The summed E-state index contributed by atoms with van der Waals surface area (Å²) in [5.41, 5.74) is 3.08. The van der Waals surface area contributed by atoms with Crippen LogP contribution in [0.1, 0.15) is 11.1 Å². The number of aromatic hydroxyl groups is 1. The number of aryl methyl sites for hydroxylation is 1. The van der Waals surface area contributed by atoms with Gasteiger partial charge in [0.2, 0.25) is 0 Å². The van der Waals surface area contributed by atoms with Crippen molar-refractivity contribution in [3.05, 3.63) is 52.5 Å². The molecule has 0 atom stereocenters. The lowest BCUT2D eigenvalue weighted by Gasteiger charge is -2.05. The highest BCUT2D eigenvalue weighted by molar-refractivity contribution is 6.31. The Morgan fingerprint density at radius 1 is 1.12 bits per heavy atom. The minimum Gasteiger partial charge on any atom is -0.507 e. The molecule has 0 aromatic heterocycles. The van der Waals surface area contributed by atoms with Gasteiger partial charge in [-0.15, -0.1) is 0 Å². The van der Waals surface area contributed by atoms with Gasteiger partial charge < -0.3 is 5.11 Å². The molecule has 84 valence electrons. The van der Waals surface area contributed by atoms with Gasteiger partial charge >= 0.3 is 0 Å². The molecule has 0 aliphatic rings. The van der Waals surface area contributed by atoms with Crippen LogP contribution in [0.25, 0.3) is 11.1 Å². The Morgan fingerprint density at radius 2 is 1.76 bits per heavy atom. The quantitative estimate of drug-likeness (QED) is 0.826. The molecule has 0 spiro atoms. The maximum Gasteiger partial charge on any atom is 0.133 e. The van der Waals surface area contributed by atoms with E-state index in [9.17, 15) is 5.11 Å². The van der Waals surface area contributed by atoms with Gasteiger partial charge in [0.15, 0.2) is 0 Å². The third-order valence-electron chi connectivity index (χ3n) is 2.61. The Morgan fingerprint density at radius 3 is 2.35 bits per heavy atom. The standard InChI is InChI=1S/C14H10ClNO/c1-9-6-10(4-5-13(9)15)11-2-3-12(8-16)14(17)7-11/h2-7,17H,1H3. The van der Waals surface area contributed by atoms with E-state index >= 15 is 0 Å². The molecular weight excluding hydrogens is 234 g/mol. The van der Waals surface area contributed by atoms with Crippen molar-refractivity contribution in [2.45, 2.75) is 6.92 Å². The van der Waals surface area contributed by atoms with Gasteiger partial charge in [-0.2, -0.15) is 5.26 Å². The van der Waals surface area contributed by atoms with E-state index in [4.69, 9.17) is 16.9 Å². The molecule has 0 heterocycles. The first kappa shape index (κ1) is 11.5. The van der Waals surface area contributed by atoms with Crippen LogP contribution in [0.3, 0.4) is 0 Å². The predicted octanol–water partition coefficient (Wildman–Crippen LogP) is 3.89. The summed E-state index contributed by atoms with van der Waals surface area (Å²) in [5, 5.41) is 19.1. The largest absolute Gasteiger partial charge is 0.507 e. The zero-order valence-corrected chi connectivity index (χ0v) is 9.99. The van der Waals surface area contributed by atoms with E-state index in [1.165, 1.54) is 0 Å². The van der Waals surface area contributed by atoms with Crippen LogP contribution in [0.4, 0.5) is 0 Å². The van der Waals surface area contributed by atoms with E-state index in [1.54, 1.807) is 18.2 Å². The summed E-state index contributed by atoms with van der Waals surface area (Å²) in [6.45, 7) is 1.93. The van der Waals surface area contributed by atoms with Gasteiger partial charge in [-0.05, 0) is 47.9 Å². The van der Waals surface area contributed by atoms with Gasteiger partial charge in [-0.3, -0.25) is 0 Å². The fourth-order valence-electron chi connectivity index (χ4n) is 1.63. The highest BCUT2D eigenvalue weighted by Crippen LogP contribution is 2.28. The summed E-state index contributed by atoms with van der Waals surface area (Å²) in [4.78, 5) is 0. The van der Waals surface area contributed by atoms with Crippen LogP contribution in [-0.4, -0.2) is 5.11 Å². The average molecular weight is 244 g/mol. The predicted molar refractivity (Wildman–Crippen MR) is 68.0 cm³/mol. The molecule has 0 bridgehead atoms. The van der Waals surface area contributed by atoms with Crippen molar-refractivity contribution in [2.24, 2.45) is 0 Å². The summed E-state index contributed by atoms with van der Waals surface area (Å²) in [6.07, 6.45) is 0. The highest BCUT2D eigenvalue weighted by atomic mass is 35.5. The van der Waals surface area contributed by atoms with Gasteiger partial charge in [0.05, 0.1) is 5.56 Å². The van der Waals surface area contributed by atoms with E-state index in [0.717, 1.165) is 16.7 Å². The van der Waals surface area contributed by atoms with Crippen LogP contribution >= 0.6 is 11.6 Å². The van der Waals surface area contributed by atoms with Crippen molar-refractivity contribution >= 4 is 11.6 Å². The molecule has 2 aromatic rings. The van der Waals surface area contributed by atoms with Crippen molar-refractivity contribution in [2.75, 3.05) is 0 Å². The molecular formula is C14H10ClNO. The second-order valence-electron chi connectivity index (χ2n) is 3.81. The summed E-state index contributed by atoms with van der Waals surface area (Å²) in [7, 11) is 0. The Balaban J connectivity index is 2.50. The molecule has 17 heavy (non-hydrogen) atoms. The Kier molecular flexibility index (Phi) is 3.03. The SMILES string of the molecule is Cc1cc(-c2ccc(C#N)c(O)c2)ccc1Cl. The zero-order valence-electron chi connectivity index (χ0n) is 9.24. The molecule has 0 aliphatic heterocycles. The average Bonchev–Trinajstić information content (AvgIpc) is 2.32. The van der Waals surface area contributed by atoms with Crippen molar-refractivity contribution in [1.82, 2.24) is 0 Å². The Hall–Kier alpha value is -1.98. The molecule has 2 rings (SSSR count). The third kappa shape index (κ3) is 2.25. The number of phenolic OH excluding ortho intramolecular Hbond substituents is 1. The van der Waals surface area contributed by atoms with Crippen LogP contribution < -0.4 is 0 Å². The Bertz CT molecular complexity index is 614. The lowest BCUT2D eigenvalue weighted by Crippen LogP contribution is -1.83. The minimum absolute atomic E-state index is 0.00222. The molecule has 0 aliphatic carbocycles. The van der Waals surface area contributed by atoms with Gasteiger partial charge in [-0.25, -0.2) is 0 Å².